The number of amides is 1. The highest BCUT2D eigenvalue weighted by atomic mass is 16.5. The lowest BCUT2D eigenvalue weighted by Crippen LogP contribution is -2.21. The highest BCUT2D eigenvalue weighted by Gasteiger charge is 2.09. The second kappa shape index (κ2) is 3.36. The van der Waals surface area contributed by atoms with Crippen molar-refractivity contribution in [3.8, 4) is 0 Å². The summed E-state index contributed by atoms with van der Waals surface area (Å²) in [5.41, 5.74) is 6.70. The number of nitrogens with zero attached hydrogens (tertiary/aromatic N) is 1. The molecule has 0 aliphatic carbocycles. The van der Waals surface area contributed by atoms with Crippen LogP contribution < -0.4 is 11.1 Å². The van der Waals surface area contributed by atoms with Gasteiger partial charge in [0.25, 0.3) is 0 Å². The first-order valence-electron chi connectivity index (χ1n) is 3.58. The van der Waals surface area contributed by atoms with Gasteiger partial charge in [0.15, 0.2) is 0 Å². The van der Waals surface area contributed by atoms with Crippen LogP contribution in [0.3, 0.4) is 0 Å². The Morgan fingerprint density at radius 2 is 2.33 bits per heavy atom. The molecule has 0 atom stereocenters. The molecule has 1 heterocycles. The van der Waals surface area contributed by atoms with Crippen molar-refractivity contribution in [2.24, 2.45) is 5.73 Å². The number of anilines is 1. The number of hydrogen-bond donors (Lipinski definition) is 2. The van der Waals surface area contributed by atoms with E-state index in [1.807, 2.05) is 6.92 Å². The van der Waals surface area contributed by atoms with Gasteiger partial charge in [0.1, 0.15) is 0 Å². The summed E-state index contributed by atoms with van der Waals surface area (Å²) in [4.78, 5) is 10.8. The van der Waals surface area contributed by atoms with Gasteiger partial charge in [-0.1, -0.05) is 5.16 Å². The summed E-state index contributed by atoms with van der Waals surface area (Å²) in [5.74, 6) is 0.0946. The highest BCUT2D eigenvalue weighted by Crippen LogP contribution is 2.16. The summed E-state index contributed by atoms with van der Waals surface area (Å²) in [6.45, 7) is 3.56. The maximum absolute atomic E-state index is 10.8. The third-order valence-electron chi connectivity index (χ3n) is 1.60. The molecule has 1 amide bonds. The summed E-state index contributed by atoms with van der Waals surface area (Å²) >= 11 is 0. The van der Waals surface area contributed by atoms with Crippen molar-refractivity contribution in [3.63, 3.8) is 0 Å². The third kappa shape index (κ3) is 1.62. The average molecular weight is 169 g/mol. The van der Waals surface area contributed by atoms with Crippen LogP contribution in [0, 0.1) is 13.8 Å². The summed E-state index contributed by atoms with van der Waals surface area (Å²) in [7, 11) is 0. The van der Waals surface area contributed by atoms with Crippen LogP contribution in [0.2, 0.25) is 0 Å². The van der Waals surface area contributed by atoms with Crippen LogP contribution in [0.4, 0.5) is 5.88 Å². The van der Waals surface area contributed by atoms with Crippen molar-refractivity contribution in [2.45, 2.75) is 13.8 Å². The topological polar surface area (TPSA) is 81.2 Å². The second-order valence-electron chi connectivity index (χ2n) is 2.47. The first kappa shape index (κ1) is 8.73. The molecule has 66 valence electrons. The molecule has 0 saturated carbocycles. The number of hydrogen-bond acceptors (Lipinski definition) is 4. The van der Waals surface area contributed by atoms with Gasteiger partial charge in [-0.15, -0.1) is 0 Å². The van der Waals surface area contributed by atoms with E-state index in [1.165, 1.54) is 0 Å². The number of aromatic nitrogens is 1. The molecule has 0 radical (unpaired) electrons. The van der Waals surface area contributed by atoms with Crippen molar-refractivity contribution in [2.75, 3.05) is 11.9 Å². The fourth-order valence-corrected chi connectivity index (χ4v) is 0.710. The van der Waals surface area contributed by atoms with Crippen molar-refractivity contribution in [1.82, 2.24) is 5.16 Å². The maximum Gasteiger partial charge on any atom is 0.240 e. The van der Waals surface area contributed by atoms with Gasteiger partial charge in [0, 0.05) is 5.56 Å². The molecule has 0 saturated heterocycles. The Balaban J connectivity index is 2.76. The molecule has 0 fully saturated rings. The minimum Gasteiger partial charge on any atom is -0.338 e. The molecule has 0 spiro atoms. The molecule has 0 unspecified atom stereocenters. The fraction of sp³-hybridized carbons (Fsp3) is 0.429. The summed E-state index contributed by atoms with van der Waals surface area (Å²) in [6.07, 6.45) is 0. The predicted molar refractivity (Wildman–Crippen MR) is 43.7 cm³/mol. The van der Waals surface area contributed by atoms with Gasteiger partial charge in [-0.25, -0.2) is 0 Å². The molecule has 1 aromatic heterocycles. The van der Waals surface area contributed by atoms with E-state index in [2.05, 4.69) is 10.5 Å². The molecule has 0 aliphatic rings. The smallest absolute Gasteiger partial charge is 0.240 e. The Morgan fingerprint density at radius 1 is 1.67 bits per heavy atom. The van der Waals surface area contributed by atoms with E-state index in [0.29, 0.717) is 5.88 Å². The van der Waals surface area contributed by atoms with Gasteiger partial charge in [-0.05, 0) is 13.8 Å². The second-order valence-corrected chi connectivity index (χ2v) is 2.47. The zero-order valence-corrected chi connectivity index (χ0v) is 7.05. The predicted octanol–water partition coefficient (Wildman–Crippen LogP) is 0.189. The largest absolute Gasteiger partial charge is 0.338 e. The van der Waals surface area contributed by atoms with E-state index in [-0.39, 0.29) is 12.5 Å². The number of carbonyl (C=O) groups excluding carboxylic acids is 1. The first-order chi connectivity index (χ1) is 5.65. The van der Waals surface area contributed by atoms with Crippen LogP contribution in [0.25, 0.3) is 0 Å². The number of nitrogens with one attached hydrogen (secondary N) is 1. The summed E-state index contributed by atoms with van der Waals surface area (Å²) in [5, 5.41) is 6.16. The molecule has 5 heteroatoms. The number of aryl methyl sites for hydroxylation is 1. The van der Waals surface area contributed by atoms with Crippen LogP contribution in [-0.2, 0) is 4.79 Å². The van der Waals surface area contributed by atoms with Gasteiger partial charge in [0.2, 0.25) is 11.8 Å². The summed E-state index contributed by atoms with van der Waals surface area (Å²) in [6, 6.07) is 0. The van der Waals surface area contributed by atoms with Crippen molar-refractivity contribution in [1.29, 1.82) is 0 Å². The van der Waals surface area contributed by atoms with Crippen LogP contribution in [0.5, 0.6) is 0 Å². The van der Waals surface area contributed by atoms with Gasteiger partial charge in [0.05, 0.1) is 12.2 Å². The fourth-order valence-electron chi connectivity index (χ4n) is 0.710. The summed E-state index contributed by atoms with van der Waals surface area (Å²) < 4.78 is 4.83. The SMILES string of the molecule is Cc1noc(NC(=O)CN)c1C. The van der Waals surface area contributed by atoms with E-state index < -0.39 is 0 Å². The minimum atomic E-state index is -0.283. The van der Waals surface area contributed by atoms with Crippen molar-refractivity contribution in [3.05, 3.63) is 11.3 Å². The maximum atomic E-state index is 10.8. The third-order valence-corrected chi connectivity index (χ3v) is 1.60. The Labute approximate surface area is 69.9 Å². The van der Waals surface area contributed by atoms with E-state index >= 15 is 0 Å². The van der Waals surface area contributed by atoms with Crippen molar-refractivity contribution >= 4 is 11.8 Å². The molecule has 1 rings (SSSR count). The van der Waals surface area contributed by atoms with Crippen LogP contribution in [0.15, 0.2) is 4.52 Å². The van der Waals surface area contributed by atoms with Crippen LogP contribution >= 0.6 is 0 Å². The molecular weight excluding hydrogens is 158 g/mol. The van der Waals surface area contributed by atoms with Gasteiger partial charge >= 0.3 is 0 Å². The first-order valence-corrected chi connectivity index (χ1v) is 3.58. The Morgan fingerprint density at radius 3 is 2.75 bits per heavy atom. The molecule has 0 aromatic carbocycles. The van der Waals surface area contributed by atoms with Gasteiger partial charge in [-0.3, -0.25) is 10.1 Å². The highest BCUT2D eigenvalue weighted by molar-refractivity contribution is 5.91. The lowest BCUT2D eigenvalue weighted by atomic mass is 10.3. The van der Waals surface area contributed by atoms with Crippen LogP contribution in [-0.4, -0.2) is 17.6 Å². The van der Waals surface area contributed by atoms with Crippen LogP contribution in [0.1, 0.15) is 11.3 Å². The Kier molecular flexibility index (Phi) is 2.44. The monoisotopic (exact) mass is 169 g/mol. The zero-order chi connectivity index (χ0) is 9.14. The Bertz CT molecular complexity index is 293. The molecule has 5 nitrogen and oxygen atoms in total. The lowest BCUT2D eigenvalue weighted by Gasteiger charge is -1.97. The number of nitrogens with two attached hydrogens (primary N) is 1. The molecule has 1 aromatic rings. The minimum absolute atomic E-state index is 0.0564. The molecule has 12 heavy (non-hydrogen) atoms. The lowest BCUT2D eigenvalue weighted by molar-refractivity contribution is -0.115. The standard InChI is InChI=1S/C7H11N3O2/c1-4-5(2)10-12-7(4)9-6(11)3-8/h3,8H2,1-2H3,(H,9,11). The average Bonchev–Trinajstić information content (AvgIpc) is 2.36. The van der Waals surface area contributed by atoms with E-state index in [9.17, 15) is 4.79 Å². The normalized spacial score (nSPS) is 9.92. The van der Waals surface area contributed by atoms with E-state index in [0.717, 1.165) is 11.3 Å². The number of carbonyl (C=O) groups is 1. The molecule has 3 N–H and O–H groups in total. The zero-order valence-electron chi connectivity index (χ0n) is 7.05. The van der Waals surface area contributed by atoms with Gasteiger partial charge in [-0.2, -0.15) is 0 Å². The quantitative estimate of drug-likeness (QED) is 0.662. The van der Waals surface area contributed by atoms with Crippen molar-refractivity contribution < 1.29 is 9.32 Å². The molecule has 0 aliphatic heterocycles. The van der Waals surface area contributed by atoms with E-state index in [4.69, 9.17) is 10.3 Å². The Hall–Kier alpha value is -1.36. The number of rotatable bonds is 2. The van der Waals surface area contributed by atoms with Gasteiger partial charge < -0.3 is 10.3 Å². The molecular formula is C7H11N3O2. The van der Waals surface area contributed by atoms with E-state index in [1.54, 1.807) is 6.92 Å². The molecule has 0 bridgehead atoms.